The molecule has 0 radical (unpaired) electrons. The minimum absolute atomic E-state index is 0.0834. The van der Waals surface area contributed by atoms with Crippen molar-refractivity contribution in [1.82, 2.24) is 15.0 Å². The van der Waals surface area contributed by atoms with E-state index in [1.54, 1.807) is 17.9 Å². The van der Waals surface area contributed by atoms with Crippen molar-refractivity contribution in [2.45, 2.75) is 39.0 Å². The van der Waals surface area contributed by atoms with Gasteiger partial charge in [0.25, 0.3) is 0 Å². The number of Topliss-reactive ketones (excluding diaryl/α,β-unsaturated/α-hetero) is 1. The largest absolute Gasteiger partial charge is 0.497 e. The number of carbonyl (C=O) groups excluding carboxylic acids is 1. The summed E-state index contributed by atoms with van der Waals surface area (Å²) in [6.07, 6.45) is 1.80. The first-order chi connectivity index (χ1) is 15.9. The molecule has 0 saturated carbocycles. The van der Waals surface area contributed by atoms with Gasteiger partial charge in [0.15, 0.2) is 11.5 Å². The van der Waals surface area contributed by atoms with E-state index >= 15 is 0 Å². The van der Waals surface area contributed by atoms with Crippen LogP contribution in [0.25, 0.3) is 0 Å². The second-order valence-electron chi connectivity index (χ2n) is 8.07. The quantitative estimate of drug-likeness (QED) is 0.414. The number of methoxy groups -OCH3 is 1. The molecule has 1 saturated heterocycles. The Hall–Kier alpha value is -2.61. The van der Waals surface area contributed by atoms with Crippen molar-refractivity contribution in [2.24, 2.45) is 0 Å². The summed E-state index contributed by atoms with van der Waals surface area (Å²) in [4.78, 5) is 14.4. The van der Waals surface area contributed by atoms with E-state index in [0.29, 0.717) is 28.0 Å². The lowest BCUT2D eigenvalue weighted by atomic mass is 10.1. The highest BCUT2D eigenvalue weighted by Gasteiger charge is 2.23. The lowest BCUT2D eigenvalue weighted by Crippen LogP contribution is -2.37. The van der Waals surface area contributed by atoms with Gasteiger partial charge in [-0.25, -0.2) is 4.68 Å². The number of carbonyl (C=O) groups is 1. The van der Waals surface area contributed by atoms with Crippen LogP contribution >= 0.6 is 23.2 Å². The third-order valence-corrected chi connectivity index (χ3v) is 6.21. The van der Waals surface area contributed by atoms with Gasteiger partial charge in [0.1, 0.15) is 5.75 Å². The molecular weight excluding hydrogens is 463 g/mol. The predicted molar refractivity (Wildman–Crippen MR) is 129 cm³/mol. The summed E-state index contributed by atoms with van der Waals surface area (Å²) >= 11 is 12.3. The van der Waals surface area contributed by atoms with Gasteiger partial charge in [-0.05, 0) is 48.7 Å². The minimum atomic E-state index is -0.123. The van der Waals surface area contributed by atoms with Crippen LogP contribution < -0.4 is 9.64 Å². The van der Waals surface area contributed by atoms with Gasteiger partial charge in [0.05, 0.1) is 32.1 Å². The van der Waals surface area contributed by atoms with Crippen LogP contribution in [0.15, 0.2) is 42.5 Å². The lowest BCUT2D eigenvalue weighted by Gasteiger charge is -2.33. The molecule has 0 amide bonds. The van der Waals surface area contributed by atoms with Crippen molar-refractivity contribution in [1.29, 1.82) is 0 Å². The normalized spacial score (nSPS) is 14.5. The molecule has 174 valence electrons. The van der Waals surface area contributed by atoms with Crippen LogP contribution in [0.5, 0.6) is 5.75 Å². The van der Waals surface area contributed by atoms with Crippen molar-refractivity contribution in [2.75, 3.05) is 25.1 Å². The fraction of sp³-hybridized carbons (Fsp3) is 0.375. The van der Waals surface area contributed by atoms with E-state index in [-0.39, 0.29) is 18.5 Å². The number of benzene rings is 2. The molecule has 0 N–H and O–H groups in total. The smallest absolute Gasteiger partial charge is 0.182 e. The lowest BCUT2D eigenvalue weighted by molar-refractivity contribution is 0.0214. The fourth-order valence-corrected chi connectivity index (χ4v) is 4.49. The maximum atomic E-state index is 12.1. The zero-order chi connectivity index (χ0) is 23.4. The Labute approximate surface area is 203 Å². The third-order valence-electron chi connectivity index (χ3n) is 5.77. The molecule has 2 heterocycles. The molecular formula is C24H26Cl2N4O3. The molecule has 0 unspecified atom stereocenters. The van der Waals surface area contributed by atoms with Gasteiger partial charge in [-0.2, -0.15) is 0 Å². The first-order valence-electron chi connectivity index (χ1n) is 10.8. The average molecular weight is 489 g/mol. The van der Waals surface area contributed by atoms with Crippen LogP contribution in [0.2, 0.25) is 10.0 Å². The van der Waals surface area contributed by atoms with Crippen molar-refractivity contribution in [3.8, 4) is 5.75 Å². The molecule has 0 atom stereocenters. The van der Waals surface area contributed by atoms with E-state index in [0.717, 1.165) is 42.9 Å². The van der Waals surface area contributed by atoms with E-state index in [2.05, 4.69) is 15.2 Å². The minimum Gasteiger partial charge on any atom is -0.497 e. The number of ketones is 1. The van der Waals surface area contributed by atoms with Gasteiger partial charge in [-0.15, -0.1) is 5.10 Å². The molecule has 9 heteroatoms. The Kier molecular flexibility index (Phi) is 7.53. The molecule has 0 bridgehead atoms. The fourth-order valence-electron chi connectivity index (χ4n) is 3.98. The number of rotatable bonds is 8. The van der Waals surface area contributed by atoms with E-state index in [1.807, 2.05) is 36.4 Å². The number of nitrogens with zero attached hydrogens (tertiary/aromatic N) is 4. The summed E-state index contributed by atoms with van der Waals surface area (Å²) < 4.78 is 13.2. The zero-order valence-electron chi connectivity index (χ0n) is 18.6. The van der Waals surface area contributed by atoms with Gasteiger partial charge in [0.2, 0.25) is 0 Å². The van der Waals surface area contributed by atoms with Crippen LogP contribution in [0, 0.1) is 0 Å². The molecule has 1 aliphatic heterocycles. The topological polar surface area (TPSA) is 69.5 Å². The number of halogens is 2. The van der Waals surface area contributed by atoms with Gasteiger partial charge in [0, 0.05) is 35.7 Å². The Morgan fingerprint density at radius 1 is 1.09 bits per heavy atom. The van der Waals surface area contributed by atoms with E-state index in [1.165, 1.54) is 6.92 Å². The number of piperidine rings is 1. The number of ether oxygens (including phenoxy) is 2. The molecule has 2 aromatic carbocycles. The van der Waals surface area contributed by atoms with Crippen LogP contribution in [-0.2, 0) is 17.9 Å². The third kappa shape index (κ3) is 5.85. The molecule has 33 heavy (non-hydrogen) atoms. The number of hydrogen-bond donors (Lipinski definition) is 0. The van der Waals surface area contributed by atoms with Gasteiger partial charge in [-0.3, -0.25) is 4.79 Å². The summed E-state index contributed by atoms with van der Waals surface area (Å²) in [7, 11) is 1.63. The highest BCUT2D eigenvalue weighted by molar-refractivity contribution is 6.35. The number of hydrogen-bond acceptors (Lipinski definition) is 6. The van der Waals surface area contributed by atoms with Crippen LogP contribution in [0.4, 0.5) is 5.69 Å². The SMILES string of the molecule is COc1ccc(Cn2nnc(C(C)=O)c2COC2CCN(c3cc(Cl)cc(Cl)c3)CC2)cc1. The Morgan fingerprint density at radius 3 is 2.36 bits per heavy atom. The molecule has 1 aliphatic rings. The number of anilines is 1. The molecule has 0 spiro atoms. The second-order valence-corrected chi connectivity index (χ2v) is 8.94. The molecule has 4 rings (SSSR count). The monoisotopic (exact) mass is 488 g/mol. The maximum absolute atomic E-state index is 12.1. The molecule has 3 aromatic rings. The standard InChI is InChI=1S/C24H26Cl2N4O3/c1-16(31)24-23(30(28-27-24)14-17-3-5-21(32-2)6-4-17)15-33-22-7-9-29(10-8-22)20-12-18(25)11-19(26)13-20/h3-6,11-13,22H,7-10,14-15H2,1-2H3. The van der Waals surface area contributed by atoms with Crippen molar-refractivity contribution in [3.05, 3.63) is 69.5 Å². The Morgan fingerprint density at radius 2 is 1.76 bits per heavy atom. The van der Waals surface area contributed by atoms with Crippen LogP contribution in [0.3, 0.4) is 0 Å². The molecule has 1 fully saturated rings. The summed E-state index contributed by atoms with van der Waals surface area (Å²) in [5.74, 6) is 0.666. The Balaban J connectivity index is 1.39. The summed E-state index contributed by atoms with van der Waals surface area (Å²) in [5.41, 5.74) is 3.11. The zero-order valence-corrected chi connectivity index (χ0v) is 20.1. The van der Waals surface area contributed by atoms with Gasteiger partial charge < -0.3 is 14.4 Å². The summed E-state index contributed by atoms with van der Waals surface area (Å²) in [5, 5.41) is 9.57. The van der Waals surface area contributed by atoms with Gasteiger partial charge in [-0.1, -0.05) is 40.5 Å². The van der Waals surface area contributed by atoms with E-state index in [4.69, 9.17) is 32.7 Å². The molecule has 1 aromatic heterocycles. The first-order valence-corrected chi connectivity index (χ1v) is 11.6. The van der Waals surface area contributed by atoms with Crippen molar-refractivity contribution < 1.29 is 14.3 Å². The highest BCUT2D eigenvalue weighted by atomic mass is 35.5. The van der Waals surface area contributed by atoms with Crippen molar-refractivity contribution >= 4 is 34.7 Å². The summed E-state index contributed by atoms with van der Waals surface area (Å²) in [6.45, 7) is 3.96. The first kappa shape index (κ1) is 23.5. The predicted octanol–water partition coefficient (Wildman–Crippen LogP) is 5.03. The van der Waals surface area contributed by atoms with E-state index in [9.17, 15) is 4.79 Å². The van der Waals surface area contributed by atoms with Crippen LogP contribution in [0.1, 0.15) is 41.5 Å². The van der Waals surface area contributed by atoms with E-state index < -0.39 is 0 Å². The Bertz CT molecular complexity index is 1090. The molecule has 0 aliphatic carbocycles. The summed E-state index contributed by atoms with van der Waals surface area (Å²) in [6, 6.07) is 13.3. The van der Waals surface area contributed by atoms with Crippen molar-refractivity contribution in [3.63, 3.8) is 0 Å². The second kappa shape index (κ2) is 10.5. The average Bonchev–Trinajstić information content (AvgIpc) is 3.20. The number of aromatic nitrogens is 3. The van der Waals surface area contributed by atoms with Gasteiger partial charge >= 0.3 is 0 Å². The highest BCUT2D eigenvalue weighted by Crippen LogP contribution is 2.28. The molecule has 7 nitrogen and oxygen atoms in total. The van der Waals surface area contributed by atoms with Crippen LogP contribution in [-0.4, -0.2) is 47.1 Å². The maximum Gasteiger partial charge on any atom is 0.182 e.